The van der Waals surface area contributed by atoms with Crippen LogP contribution in [-0.4, -0.2) is 59.5 Å². The number of amides is 1. The van der Waals surface area contributed by atoms with Crippen LogP contribution in [0.4, 0.5) is 0 Å². The largest absolute Gasteiger partial charge is 0.497 e. The summed E-state index contributed by atoms with van der Waals surface area (Å²) in [5, 5.41) is 11.6. The number of piperidine rings is 1. The van der Waals surface area contributed by atoms with Crippen molar-refractivity contribution in [2.24, 2.45) is 0 Å². The molecule has 0 radical (unpaired) electrons. The van der Waals surface area contributed by atoms with Crippen LogP contribution in [0.1, 0.15) is 26.7 Å². The Labute approximate surface area is 175 Å². The van der Waals surface area contributed by atoms with Crippen molar-refractivity contribution in [3.63, 3.8) is 0 Å². The van der Waals surface area contributed by atoms with E-state index in [2.05, 4.69) is 40.3 Å². The summed E-state index contributed by atoms with van der Waals surface area (Å²) in [6, 6.07) is 7.63. The maximum atomic E-state index is 12.3. The first kappa shape index (κ1) is 21.4. The van der Waals surface area contributed by atoms with E-state index in [-0.39, 0.29) is 17.7 Å². The van der Waals surface area contributed by atoms with Gasteiger partial charge >= 0.3 is 0 Å². The maximum Gasteiger partial charge on any atom is 0.277 e. The van der Waals surface area contributed by atoms with E-state index in [0.29, 0.717) is 11.1 Å². The van der Waals surface area contributed by atoms with Crippen LogP contribution in [0.25, 0.3) is 11.5 Å². The lowest BCUT2D eigenvalue weighted by atomic mass is 10.0. The minimum Gasteiger partial charge on any atom is -0.497 e. The highest BCUT2D eigenvalue weighted by Crippen LogP contribution is 2.24. The van der Waals surface area contributed by atoms with Gasteiger partial charge < -0.3 is 14.5 Å². The third-order valence-corrected chi connectivity index (χ3v) is 5.60. The average molecular weight is 417 g/mol. The lowest BCUT2D eigenvalue weighted by Gasteiger charge is -2.31. The standard InChI is InChI=1S/C21H28N4O3S/c1-15(2)8-11-25-12-9-17(10-13-25)22-19(26)14-29-21-24-23-20(28-21)16-4-6-18(27-3)7-5-16/h4-8,17H,9-14H2,1-3H3,(H,22,26). The van der Waals surface area contributed by atoms with Crippen LogP contribution >= 0.6 is 11.8 Å². The fourth-order valence-electron chi connectivity index (χ4n) is 3.09. The van der Waals surface area contributed by atoms with Gasteiger partial charge in [0.25, 0.3) is 5.22 Å². The highest BCUT2D eigenvalue weighted by Gasteiger charge is 2.20. The van der Waals surface area contributed by atoms with Gasteiger partial charge in [0.2, 0.25) is 11.8 Å². The number of nitrogens with one attached hydrogen (secondary N) is 1. The SMILES string of the molecule is COc1ccc(-c2nnc(SCC(=O)NC3CCN(CC=C(C)C)CC3)o2)cc1. The Bertz CT molecular complexity index is 823. The highest BCUT2D eigenvalue weighted by atomic mass is 32.2. The number of allylic oxidation sites excluding steroid dienone is 1. The summed E-state index contributed by atoms with van der Waals surface area (Å²) in [7, 11) is 1.62. The molecule has 1 N–H and O–H groups in total. The molecule has 0 atom stereocenters. The van der Waals surface area contributed by atoms with Crippen molar-refractivity contribution < 1.29 is 13.9 Å². The van der Waals surface area contributed by atoms with Gasteiger partial charge in [-0.05, 0) is 51.0 Å². The van der Waals surface area contributed by atoms with Crippen molar-refractivity contribution >= 4 is 17.7 Å². The number of ether oxygens (including phenoxy) is 1. The van der Waals surface area contributed by atoms with Gasteiger partial charge in [0.1, 0.15) is 5.75 Å². The molecular weight excluding hydrogens is 388 g/mol. The molecule has 0 spiro atoms. The molecule has 0 unspecified atom stereocenters. The number of nitrogens with zero attached hydrogens (tertiary/aromatic N) is 3. The topological polar surface area (TPSA) is 80.5 Å². The van der Waals surface area contributed by atoms with Gasteiger partial charge in [0.05, 0.1) is 12.9 Å². The first-order valence-electron chi connectivity index (χ1n) is 9.79. The fourth-order valence-corrected chi connectivity index (χ4v) is 3.66. The predicted octanol–water partition coefficient (Wildman–Crippen LogP) is 3.38. The van der Waals surface area contributed by atoms with Crippen LogP contribution in [0.15, 0.2) is 45.6 Å². The van der Waals surface area contributed by atoms with Crippen molar-refractivity contribution in [2.45, 2.75) is 38.0 Å². The second-order valence-corrected chi connectivity index (χ2v) is 8.24. The van der Waals surface area contributed by atoms with Crippen LogP contribution in [0.2, 0.25) is 0 Å². The van der Waals surface area contributed by atoms with E-state index in [9.17, 15) is 4.79 Å². The molecule has 1 fully saturated rings. The van der Waals surface area contributed by atoms with Gasteiger partial charge in [-0.1, -0.05) is 23.4 Å². The van der Waals surface area contributed by atoms with Gasteiger partial charge in [-0.3, -0.25) is 9.69 Å². The number of aromatic nitrogens is 2. The molecule has 1 aliphatic rings. The van der Waals surface area contributed by atoms with Gasteiger partial charge in [-0.25, -0.2) is 0 Å². The van der Waals surface area contributed by atoms with Crippen molar-refractivity contribution in [3.8, 4) is 17.2 Å². The maximum absolute atomic E-state index is 12.3. The molecular formula is C21H28N4O3S. The van der Waals surface area contributed by atoms with E-state index in [4.69, 9.17) is 9.15 Å². The number of carbonyl (C=O) groups excluding carboxylic acids is 1. The Morgan fingerprint density at radius 2 is 2.00 bits per heavy atom. The lowest BCUT2D eigenvalue weighted by Crippen LogP contribution is -2.45. The van der Waals surface area contributed by atoms with E-state index < -0.39 is 0 Å². The number of thioether (sulfide) groups is 1. The van der Waals surface area contributed by atoms with Crippen molar-refractivity contribution in [1.29, 1.82) is 0 Å². The van der Waals surface area contributed by atoms with Gasteiger partial charge in [0.15, 0.2) is 0 Å². The quantitative estimate of drug-likeness (QED) is 0.522. The summed E-state index contributed by atoms with van der Waals surface area (Å²) in [6.45, 7) is 7.25. The molecule has 1 aromatic carbocycles. The van der Waals surface area contributed by atoms with Crippen LogP contribution in [0.3, 0.4) is 0 Å². The molecule has 0 bridgehead atoms. The van der Waals surface area contributed by atoms with Gasteiger partial charge in [-0.15, -0.1) is 10.2 Å². The molecule has 1 saturated heterocycles. The second-order valence-electron chi connectivity index (χ2n) is 7.31. The van der Waals surface area contributed by atoms with Gasteiger partial charge in [-0.2, -0.15) is 0 Å². The molecule has 1 aliphatic heterocycles. The van der Waals surface area contributed by atoms with E-state index in [1.54, 1.807) is 7.11 Å². The molecule has 2 heterocycles. The first-order valence-corrected chi connectivity index (χ1v) is 10.8. The van der Waals surface area contributed by atoms with Crippen LogP contribution < -0.4 is 10.1 Å². The zero-order valence-corrected chi connectivity index (χ0v) is 18.0. The number of methoxy groups -OCH3 is 1. The summed E-state index contributed by atoms with van der Waals surface area (Å²) < 4.78 is 10.8. The Balaban J connectivity index is 1.41. The molecule has 8 heteroatoms. The molecule has 1 aromatic heterocycles. The summed E-state index contributed by atoms with van der Waals surface area (Å²) >= 11 is 1.26. The molecule has 2 aromatic rings. The Morgan fingerprint density at radius 1 is 1.28 bits per heavy atom. The van der Waals surface area contributed by atoms with Crippen LogP contribution in [0, 0.1) is 0 Å². The summed E-state index contributed by atoms with van der Waals surface area (Å²) in [5.41, 5.74) is 2.16. The van der Waals surface area contributed by atoms with Crippen LogP contribution in [-0.2, 0) is 4.79 Å². The molecule has 3 rings (SSSR count). The zero-order chi connectivity index (χ0) is 20.6. The molecule has 0 aliphatic carbocycles. The number of carbonyl (C=O) groups is 1. The van der Waals surface area contributed by atoms with Crippen molar-refractivity contribution in [3.05, 3.63) is 35.9 Å². The molecule has 29 heavy (non-hydrogen) atoms. The van der Waals surface area contributed by atoms with E-state index in [1.165, 1.54) is 17.3 Å². The normalized spacial score (nSPS) is 15.1. The third kappa shape index (κ3) is 6.61. The monoisotopic (exact) mass is 416 g/mol. The number of hydrogen-bond donors (Lipinski definition) is 1. The fraction of sp³-hybridized carbons (Fsp3) is 0.476. The number of hydrogen-bond acceptors (Lipinski definition) is 7. The third-order valence-electron chi connectivity index (χ3n) is 4.78. The van der Waals surface area contributed by atoms with Gasteiger partial charge in [0, 0.05) is 31.2 Å². The van der Waals surface area contributed by atoms with E-state index in [1.807, 2.05) is 24.3 Å². The minimum absolute atomic E-state index is 0.00180. The molecule has 7 nitrogen and oxygen atoms in total. The summed E-state index contributed by atoms with van der Waals surface area (Å²) in [6.07, 6.45) is 4.21. The first-order chi connectivity index (χ1) is 14.0. The van der Waals surface area contributed by atoms with E-state index in [0.717, 1.165) is 43.8 Å². The number of rotatable bonds is 8. The average Bonchev–Trinajstić information content (AvgIpc) is 3.21. The highest BCUT2D eigenvalue weighted by molar-refractivity contribution is 7.99. The predicted molar refractivity (Wildman–Crippen MR) is 114 cm³/mol. The zero-order valence-electron chi connectivity index (χ0n) is 17.2. The van der Waals surface area contributed by atoms with Crippen LogP contribution in [0.5, 0.6) is 5.75 Å². The van der Waals surface area contributed by atoms with Crippen molar-refractivity contribution in [1.82, 2.24) is 20.4 Å². The number of likely N-dealkylation sites (tertiary alicyclic amines) is 1. The second kappa shape index (κ2) is 10.5. The minimum atomic E-state index is 0.00180. The Hall–Kier alpha value is -2.32. The van der Waals surface area contributed by atoms with E-state index >= 15 is 0 Å². The van der Waals surface area contributed by atoms with Crippen molar-refractivity contribution in [2.75, 3.05) is 32.5 Å². The Kier molecular flexibility index (Phi) is 7.71. The lowest BCUT2D eigenvalue weighted by molar-refractivity contribution is -0.119. The number of benzene rings is 1. The Morgan fingerprint density at radius 3 is 2.66 bits per heavy atom. The summed E-state index contributed by atoms with van der Waals surface area (Å²) in [5.74, 6) is 1.46. The molecule has 0 saturated carbocycles. The molecule has 1 amide bonds. The smallest absolute Gasteiger partial charge is 0.277 e. The summed E-state index contributed by atoms with van der Waals surface area (Å²) in [4.78, 5) is 14.7. The molecule has 156 valence electrons.